The third-order valence-corrected chi connectivity index (χ3v) is 2.63. The van der Waals surface area contributed by atoms with Crippen LogP contribution in [0.4, 0.5) is 0 Å². The van der Waals surface area contributed by atoms with Crippen LogP contribution in [0.15, 0.2) is 30.3 Å². The van der Waals surface area contributed by atoms with Crippen LogP contribution in [0.5, 0.6) is 5.75 Å². The molecular weight excluding hydrogens is 218 g/mol. The van der Waals surface area contributed by atoms with Crippen molar-refractivity contribution >= 4 is 11.9 Å². The maximum atomic E-state index is 11.7. The molecule has 90 valence electrons. The van der Waals surface area contributed by atoms with Crippen LogP contribution in [0, 0.1) is 0 Å². The zero-order chi connectivity index (χ0) is 12.1. The van der Waals surface area contributed by atoms with Crippen molar-refractivity contribution in [2.75, 3.05) is 20.4 Å². The highest BCUT2D eigenvalue weighted by Crippen LogP contribution is 2.18. The summed E-state index contributed by atoms with van der Waals surface area (Å²) in [5.74, 6) is 0.778. The maximum absolute atomic E-state index is 11.7. The molecule has 1 saturated heterocycles. The quantitative estimate of drug-likeness (QED) is 0.794. The lowest BCUT2D eigenvalue weighted by Crippen LogP contribution is -2.31. The molecule has 0 spiro atoms. The molecule has 1 aliphatic heterocycles. The molecule has 4 heteroatoms. The molecular formula is C13H15NO3. The number of para-hydroxylation sites is 1. The molecule has 0 amide bonds. The first kappa shape index (κ1) is 11.8. The number of nitrogens with one attached hydrogen (secondary N) is 1. The zero-order valence-electron chi connectivity index (χ0n) is 9.68. The van der Waals surface area contributed by atoms with Crippen LogP contribution >= 0.6 is 0 Å². The Bertz CT molecular complexity index is 422. The Labute approximate surface area is 100 Å². The molecule has 1 fully saturated rings. The molecule has 4 nitrogen and oxygen atoms in total. The van der Waals surface area contributed by atoms with E-state index in [9.17, 15) is 4.79 Å². The fraction of sp³-hybridized carbons (Fsp3) is 0.308. The number of carbonyl (C=O) groups excluding carboxylic acids is 1. The van der Waals surface area contributed by atoms with E-state index in [0.717, 1.165) is 11.3 Å². The van der Waals surface area contributed by atoms with Gasteiger partial charge in [0.15, 0.2) is 5.78 Å². The zero-order valence-corrected chi connectivity index (χ0v) is 9.68. The largest absolute Gasteiger partial charge is 0.496 e. The molecule has 0 aromatic heterocycles. The van der Waals surface area contributed by atoms with Crippen molar-refractivity contribution in [2.45, 2.75) is 6.04 Å². The van der Waals surface area contributed by atoms with Crippen LogP contribution in [0.1, 0.15) is 5.56 Å². The molecule has 1 atom stereocenters. The number of hydrogen-bond acceptors (Lipinski definition) is 4. The van der Waals surface area contributed by atoms with Crippen molar-refractivity contribution in [3.8, 4) is 5.75 Å². The van der Waals surface area contributed by atoms with E-state index in [2.05, 4.69) is 5.32 Å². The second kappa shape index (κ2) is 5.61. The summed E-state index contributed by atoms with van der Waals surface area (Å²) in [6.07, 6.45) is 3.32. The number of benzene rings is 1. The lowest BCUT2D eigenvalue weighted by molar-refractivity contribution is -0.116. The van der Waals surface area contributed by atoms with E-state index in [-0.39, 0.29) is 11.8 Å². The van der Waals surface area contributed by atoms with Crippen LogP contribution in [-0.2, 0) is 9.53 Å². The maximum Gasteiger partial charge on any atom is 0.175 e. The summed E-state index contributed by atoms with van der Waals surface area (Å²) < 4.78 is 10.3. The van der Waals surface area contributed by atoms with Crippen LogP contribution in [0.3, 0.4) is 0 Å². The average Bonchev–Trinajstić information content (AvgIpc) is 2.90. The van der Waals surface area contributed by atoms with Crippen LogP contribution in [-0.4, -0.2) is 32.3 Å². The summed E-state index contributed by atoms with van der Waals surface area (Å²) >= 11 is 0. The summed E-state index contributed by atoms with van der Waals surface area (Å²) in [5, 5.41) is 2.97. The summed E-state index contributed by atoms with van der Waals surface area (Å²) in [5.41, 5.74) is 0.891. The van der Waals surface area contributed by atoms with E-state index < -0.39 is 0 Å². The Kier molecular flexibility index (Phi) is 3.90. The second-order valence-electron chi connectivity index (χ2n) is 3.75. The van der Waals surface area contributed by atoms with Gasteiger partial charge in [0.2, 0.25) is 0 Å². The second-order valence-corrected chi connectivity index (χ2v) is 3.75. The Morgan fingerprint density at radius 1 is 1.53 bits per heavy atom. The first-order valence-corrected chi connectivity index (χ1v) is 5.47. The Hall–Kier alpha value is -1.65. The van der Waals surface area contributed by atoms with Crippen LogP contribution in [0.25, 0.3) is 6.08 Å². The first-order valence-electron chi connectivity index (χ1n) is 5.47. The average molecular weight is 233 g/mol. The van der Waals surface area contributed by atoms with Crippen molar-refractivity contribution < 1.29 is 14.3 Å². The Balaban J connectivity index is 2.06. The Morgan fingerprint density at radius 3 is 3.06 bits per heavy atom. The van der Waals surface area contributed by atoms with Gasteiger partial charge >= 0.3 is 0 Å². The number of carbonyl (C=O) groups is 1. The SMILES string of the molecule is COc1ccccc1/C=C/C(=O)[C@H]1COCN1. The normalized spacial score (nSPS) is 19.7. The minimum atomic E-state index is -0.221. The molecule has 1 aromatic rings. The van der Waals surface area contributed by atoms with Gasteiger partial charge in [-0.25, -0.2) is 0 Å². The molecule has 0 bridgehead atoms. The predicted molar refractivity (Wildman–Crippen MR) is 64.8 cm³/mol. The molecule has 1 heterocycles. The van der Waals surface area contributed by atoms with Crippen molar-refractivity contribution in [1.82, 2.24) is 5.32 Å². The highest BCUT2D eigenvalue weighted by molar-refractivity contribution is 5.98. The third-order valence-electron chi connectivity index (χ3n) is 2.63. The number of ketones is 1. The molecule has 1 N–H and O–H groups in total. The highest BCUT2D eigenvalue weighted by Gasteiger charge is 2.20. The number of hydrogen-bond donors (Lipinski definition) is 1. The van der Waals surface area contributed by atoms with Crippen molar-refractivity contribution in [3.05, 3.63) is 35.9 Å². The predicted octanol–water partition coefficient (Wildman–Crippen LogP) is 1.22. The molecule has 1 aromatic carbocycles. The Morgan fingerprint density at radius 2 is 2.35 bits per heavy atom. The lowest BCUT2D eigenvalue weighted by atomic mass is 10.1. The van der Waals surface area contributed by atoms with Gasteiger partial charge in [-0.3, -0.25) is 10.1 Å². The topological polar surface area (TPSA) is 47.6 Å². The summed E-state index contributed by atoms with van der Waals surface area (Å²) in [7, 11) is 1.61. The smallest absolute Gasteiger partial charge is 0.175 e. The number of methoxy groups -OCH3 is 1. The molecule has 0 aliphatic carbocycles. The molecule has 2 rings (SSSR count). The van der Waals surface area contributed by atoms with Gasteiger partial charge in [0.1, 0.15) is 5.75 Å². The van der Waals surface area contributed by atoms with Gasteiger partial charge in [-0.2, -0.15) is 0 Å². The van der Waals surface area contributed by atoms with Gasteiger partial charge in [0.25, 0.3) is 0 Å². The van der Waals surface area contributed by atoms with Crippen LogP contribution < -0.4 is 10.1 Å². The lowest BCUT2D eigenvalue weighted by Gasteiger charge is -2.04. The summed E-state index contributed by atoms with van der Waals surface area (Å²) in [6, 6.07) is 7.34. The van der Waals surface area contributed by atoms with E-state index in [1.54, 1.807) is 19.3 Å². The van der Waals surface area contributed by atoms with E-state index >= 15 is 0 Å². The molecule has 0 unspecified atom stereocenters. The van der Waals surface area contributed by atoms with E-state index in [0.29, 0.717) is 13.3 Å². The monoisotopic (exact) mass is 233 g/mol. The molecule has 17 heavy (non-hydrogen) atoms. The van der Waals surface area contributed by atoms with Gasteiger partial charge in [-0.1, -0.05) is 18.2 Å². The van der Waals surface area contributed by atoms with Gasteiger partial charge in [0, 0.05) is 5.56 Å². The summed E-state index contributed by atoms with van der Waals surface area (Å²) in [4.78, 5) is 11.7. The minimum Gasteiger partial charge on any atom is -0.496 e. The minimum absolute atomic E-state index is 0.0217. The third kappa shape index (κ3) is 2.93. The van der Waals surface area contributed by atoms with E-state index in [1.807, 2.05) is 24.3 Å². The van der Waals surface area contributed by atoms with E-state index in [4.69, 9.17) is 9.47 Å². The van der Waals surface area contributed by atoms with E-state index in [1.165, 1.54) is 0 Å². The van der Waals surface area contributed by atoms with Crippen molar-refractivity contribution in [1.29, 1.82) is 0 Å². The fourth-order valence-electron chi connectivity index (χ4n) is 1.67. The van der Waals surface area contributed by atoms with Crippen molar-refractivity contribution in [3.63, 3.8) is 0 Å². The van der Waals surface area contributed by atoms with Gasteiger partial charge in [-0.05, 0) is 18.2 Å². The first-order chi connectivity index (χ1) is 8.31. The van der Waals surface area contributed by atoms with Crippen LogP contribution in [0.2, 0.25) is 0 Å². The fourth-order valence-corrected chi connectivity index (χ4v) is 1.67. The summed E-state index contributed by atoms with van der Waals surface area (Å²) in [6.45, 7) is 0.883. The van der Waals surface area contributed by atoms with Crippen molar-refractivity contribution in [2.24, 2.45) is 0 Å². The van der Waals surface area contributed by atoms with Gasteiger partial charge in [-0.15, -0.1) is 0 Å². The number of ether oxygens (including phenoxy) is 2. The standard InChI is InChI=1S/C13H15NO3/c1-16-13-5-3-2-4-10(13)6-7-12(15)11-8-17-9-14-11/h2-7,11,14H,8-9H2,1H3/b7-6+/t11-/m1/s1. The molecule has 1 aliphatic rings. The number of rotatable bonds is 4. The highest BCUT2D eigenvalue weighted by atomic mass is 16.5. The molecule has 0 saturated carbocycles. The van der Waals surface area contributed by atoms with Gasteiger partial charge in [0.05, 0.1) is 26.5 Å². The molecule has 0 radical (unpaired) electrons. The van der Waals surface area contributed by atoms with Gasteiger partial charge < -0.3 is 9.47 Å².